The van der Waals surface area contributed by atoms with Crippen molar-refractivity contribution in [2.24, 2.45) is 10.7 Å². The normalized spacial score (nSPS) is 26.7. The number of benzene rings is 1. The summed E-state index contributed by atoms with van der Waals surface area (Å²) < 4.78 is 0. The van der Waals surface area contributed by atoms with Gasteiger partial charge in [0.05, 0.1) is 5.92 Å². The third-order valence-electron chi connectivity index (χ3n) is 6.15. The Hall–Kier alpha value is -2.60. The van der Waals surface area contributed by atoms with Crippen LogP contribution in [0.5, 0.6) is 0 Å². The molecule has 2 N–H and O–H groups in total. The third-order valence-corrected chi connectivity index (χ3v) is 7.54. The van der Waals surface area contributed by atoms with E-state index in [4.69, 9.17) is 10.7 Å². The Kier molecular flexibility index (Phi) is 5.45. The van der Waals surface area contributed by atoms with E-state index < -0.39 is 11.5 Å². The highest BCUT2D eigenvalue weighted by atomic mass is 32.2. The number of aromatic nitrogens is 1. The van der Waals surface area contributed by atoms with Crippen LogP contribution >= 0.6 is 11.8 Å². The molecule has 3 heterocycles. The van der Waals surface area contributed by atoms with Gasteiger partial charge in [-0.05, 0) is 35.6 Å². The van der Waals surface area contributed by atoms with Crippen molar-refractivity contribution in [1.82, 2.24) is 9.88 Å². The average molecular weight is 421 g/mol. The number of carbonyl (C=O) groups is 1. The Morgan fingerprint density at radius 3 is 2.57 bits per heavy atom. The number of pyridine rings is 1. The maximum absolute atomic E-state index is 13.4. The molecule has 1 aromatic heterocycles. The highest BCUT2D eigenvalue weighted by Crippen LogP contribution is 2.50. The molecular weight excluding hydrogens is 392 g/mol. The minimum absolute atomic E-state index is 0.0198. The molecule has 0 saturated carbocycles. The van der Waals surface area contributed by atoms with Gasteiger partial charge in [-0.1, -0.05) is 50.3 Å². The van der Waals surface area contributed by atoms with Gasteiger partial charge in [-0.15, -0.1) is 11.8 Å². The molecule has 30 heavy (non-hydrogen) atoms. The fraction of sp³-hybridized carbons (Fsp3) is 0.375. The summed E-state index contributed by atoms with van der Waals surface area (Å²) in [6.07, 6.45) is 5.94. The van der Waals surface area contributed by atoms with Crippen molar-refractivity contribution in [3.8, 4) is 0 Å². The summed E-state index contributed by atoms with van der Waals surface area (Å²) in [6, 6.07) is 12.4. The van der Waals surface area contributed by atoms with Gasteiger partial charge in [0.15, 0.2) is 5.96 Å². The SMILES string of the molecule is CC(C)c1ccc([C@H]2C(=O)N(C)C(N)=N[C@]2(C)C2=CC(c3cccnc3)CS2)cc1. The molecule has 1 unspecified atom stereocenters. The number of hydrogen-bond acceptors (Lipinski definition) is 5. The van der Waals surface area contributed by atoms with Gasteiger partial charge in [-0.3, -0.25) is 14.7 Å². The van der Waals surface area contributed by atoms with Gasteiger partial charge in [0, 0.05) is 36.0 Å². The van der Waals surface area contributed by atoms with E-state index in [2.05, 4.69) is 55.2 Å². The van der Waals surface area contributed by atoms with E-state index >= 15 is 0 Å². The maximum atomic E-state index is 13.4. The first-order valence-electron chi connectivity index (χ1n) is 10.3. The van der Waals surface area contributed by atoms with Gasteiger partial charge >= 0.3 is 0 Å². The van der Waals surface area contributed by atoms with E-state index in [-0.39, 0.29) is 17.8 Å². The zero-order valence-corrected chi connectivity index (χ0v) is 18.7. The quantitative estimate of drug-likeness (QED) is 0.803. The van der Waals surface area contributed by atoms with Crippen LogP contribution in [0.4, 0.5) is 0 Å². The summed E-state index contributed by atoms with van der Waals surface area (Å²) in [7, 11) is 1.70. The van der Waals surface area contributed by atoms with Gasteiger partial charge in [-0.2, -0.15) is 0 Å². The molecule has 5 nitrogen and oxygen atoms in total. The third kappa shape index (κ3) is 3.54. The lowest BCUT2D eigenvalue weighted by atomic mass is 9.77. The number of carbonyl (C=O) groups excluding carboxylic acids is 1. The van der Waals surface area contributed by atoms with Gasteiger partial charge in [0.25, 0.3) is 0 Å². The molecule has 6 heteroatoms. The zero-order valence-electron chi connectivity index (χ0n) is 17.9. The number of guanidine groups is 1. The summed E-state index contributed by atoms with van der Waals surface area (Å²) in [5.74, 6) is 1.44. The minimum atomic E-state index is -0.728. The maximum Gasteiger partial charge on any atom is 0.239 e. The van der Waals surface area contributed by atoms with E-state index in [1.807, 2.05) is 19.2 Å². The lowest BCUT2D eigenvalue weighted by Crippen LogP contribution is -2.54. The lowest BCUT2D eigenvalue weighted by molar-refractivity contribution is -0.129. The molecule has 156 valence electrons. The van der Waals surface area contributed by atoms with Crippen LogP contribution in [0.1, 0.15) is 55.2 Å². The van der Waals surface area contributed by atoms with Crippen molar-refractivity contribution in [1.29, 1.82) is 0 Å². The molecule has 1 amide bonds. The smallest absolute Gasteiger partial charge is 0.239 e. The first-order chi connectivity index (χ1) is 14.3. The van der Waals surface area contributed by atoms with Gasteiger partial charge < -0.3 is 5.73 Å². The number of aliphatic imine (C=N–C) groups is 1. The predicted octanol–water partition coefficient (Wildman–Crippen LogP) is 4.25. The topological polar surface area (TPSA) is 71.6 Å². The van der Waals surface area contributed by atoms with Crippen molar-refractivity contribution in [2.45, 2.75) is 44.1 Å². The summed E-state index contributed by atoms with van der Waals surface area (Å²) >= 11 is 1.76. The second-order valence-corrected chi connectivity index (χ2v) is 9.57. The molecular formula is C24H28N4OS. The molecule has 2 aliphatic rings. The second-order valence-electron chi connectivity index (χ2n) is 8.50. The molecule has 0 fully saturated rings. The molecule has 2 aromatic rings. The number of nitrogens with zero attached hydrogens (tertiary/aromatic N) is 3. The number of thioether (sulfide) groups is 1. The number of allylic oxidation sites excluding steroid dienone is 1. The number of nitrogens with two attached hydrogens (primary N) is 1. The van der Waals surface area contributed by atoms with Crippen molar-refractivity contribution in [3.63, 3.8) is 0 Å². The van der Waals surface area contributed by atoms with Crippen molar-refractivity contribution < 1.29 is 4.79 Å². The Bertz CT molecular complexity index is 1000. The Morgan fingerprint density at radius 2 is 1.93 bits per heavy atom. The van der Waals surface area contributed by atoms with Gasteiger partial charge in [0.1, 0.15) is 5.54 Å². The standard InChI is InChI=1S/C24H28N4OS/c1-15(2)16-7-9-17(10-8-16)21-22(29)28(4)23(25)27-24(21,3)20-12-19(14-30-20)18-6-5-11-26-13-18/h5-13,15,19,21H,14H2,1-4H3,(H2,25,27)/t19?,21-,24+/m0/s1. The van der Waals surface area contributed by atoms with E-state index in [1.165, 1.54) is 16.0 Å². The Balaban J connectivity index is 1.77. The fourth-order valence-electron chi connectivity index (χ4n) is 4.22. The minimum Gasteiger partial charge on any atom is -0.369 e. The van der Waals surface area contributed by atoms with Crippen LogP contribution in [0.3, 0.4) is 0 Å². The molecule has 1 aromatic carbocycles. The Labute approximate surface area is 182 Å². The van der Waals surface area contributed by atoms with Crippen LogP contribution < -0.4 is 5.73 Å². The first-order valence-corrected chi connectivity index (χ1v) is 11.3. The number of likely N-dealkylation sites (N-methyl/N-ethyl adjacent to an activating group) is 1. The van der Waals surface area contributed by atoms with E-state index in [0.717, 1.165) is 16.2 Å². The van der Waals surface area contributed by atoms with Gasteiger partial charge in [-0.25, -0.2) is 4.99 Å². The Morgan fingerprint density at radius 1 is 1.20 bits per heavy atom. The average Bonchev–Trinajstić information content (AvgIpc) is 3.24. The van der Waals surface area contributed by atoms with Crippen LogP contribution in [0, 0.1) is 0 Å². The molecule has 0 spiro atoms. The summed E-state index contributed by atoms with van der Waals surface area (Å²) in [4.78, 5) is 25.1. The summed E-state index contributed by atoms with van der Waals surface area (Å²) in [5.41, 5.74) is 8.85. The molecule has 0 aliphatic carbocycles. The van der Waals surface area contributed by atoms with E-state index in [9.17, 15) is 4.79 Å². The van der Waals surface area contributed by atoms with E-state index in [1.54, 1.807) is 25.0 Å². The van der Waals surface area contributed by atoms with Crippen LogP contribution in [0.2, 0.25) is 0 Å². The zero-order chi connectivity index (χ0) is 21.5. The summed E-state index contributed by atoms with van der Waals surface area (Å²) in [5, 5.41) is 0. The van der Waals surface area contributed by atoms with E-state index in [0.29, 0.717) is 5.92 Å². The molecule has 4 rings (SSSR count). The van der Waals surface area contributed by atoms with Gasteiger partial charge in [0.2, 0.25) is 5.91 Å². The number of hydrogen-bond donors (Lipinski definition) is 1. The number of rotatable bonds is 4. The van der Waals surface area contributed by atoms with Crippen LogP contribution in [0.15, 0.2) is 64.8 Å². The second kappa shape index (κ2) is 7.91. The first kappa shape index (κ1) is 20.7. The largest absolute Gasteiger partial charge is 0.369 e. The lowest BCUT2D eigenvalue weighted by Gasteiger charge is -2.41. The molecule has 2 aliphatic heterocycles. The molecule has 3 atom stereocenters. The van der Waals surface area contributed by atoms with Crippen molar-refractivity contribution in [3.05, 3.63) is 76.5 Å². The predicted molar refractivity (Wildman–Crippen MR) is 124 cm³/mol. The molecule has 0 saturated heterocycles. The fourth-order valence-corrected chi connectivity index (χ4v) is 5.59. The highest BCUT2D eigenvalue weighted by molar-refractivity contribution is 8.03. The summed E-state index contributed by atoms with van der Waals surface area (Å²) in [6.45, 7) is 6.38. The van der Waals surface area contributed by atoms with Crippen LogP contribution in [0.25, 0.3) is 0 Å². The number of amides is 1. The van der Waals surface area contributed by atoms with Crippen molar-refractivity contribution in [2.75, 3.05) is 12.8 Å². The van der Waals surface area contributed by atoms with Crippen molar-refractivity contribution >= 4 is 23.6 Å². The molecule has 0 radical (unpaired) electrons. The van der Waals surface area contributed by atoms with Crippen LogP contribution in [-0.4, -0.2) is 40.1 Å². The highest BCUT2D eigenvalue weighted by Gasteiger charge is 2.49. The molecule has 0 bridgehead atoms. The van der Waals surface area contributed by atoms with Crippen LogP contribution in [-0.2, 0) is 4.79 Å². The monoisotopic (exact) mass is 420 g/mol.